The Labute approximate surface area is 207 Å². The molecule has 1 aromatic carbocycles. The maximum Gasteiger partial charge on any atom is 0.224 e. The van der Waals surface area contributed by atoms with Gasteiger partial charge in [-0.2, -0.15) is 4.98 Å². The molecule has 3 aromatic heterocycles. The predicted molar refractivity (Wildman–Crippen MR) is 133 cm³/mol. The minimum Gasteiger partial charge on any atom is -0.342 e. The van der Waals surface area contributed by atoms with Crippen molar-refractivity contribution in [1.82, 2.24) is 19.5 Å². The van der Waals surface area contributed by atoms with Crippen molar-refractivity contribution in [3.63, 3.8) is 0 Å². The monoisotopic (exact) mass is 494 g/mol. The van der Waals surface area contributed by atoms with Gasteiger partial charge in [0.25, 0.3) is 0 Å². The molecular weight excluding hydrogens is 471 g/mol. The summed E-state index contributed by atoms with van der Waals surface area (Å²) >= 11 is 12.3. The molecule has 2 aliphatic rings. The van der Waals surface area contributed by atoms with Gasteiger partial charge in [-0.25, -0.2) is 4.98 Å². The van der Waals surface area contributed by atoms with Gasteiger partial charge in [0.05, 0.1) is 22.3 Å². The second-order valence-corrected chi connectivity index (χ2v) is 10.2. The third-order valence-electron chi connectivity index (χ3n) is 6.68. The number of aromatic nitrogens is 4. The molecule has 3 atom stereocenters. The second-order valence-electron chi connectivity index (χ2n) is 9.48. The van der Waals surface area contributed by atoms with Gasteiger partial charge in [0.15, 0.2) is 5.79 Å². The second kappa shape index (κ2) is 8.02. The molecule has 0 saturated carbocycles. The normalized spacial score (nSPS) is 23.6. The zero-order valence-electron chi connectivity index (χ0n) is 19.1. The van der Waals surface area contributed by atoms with E-state index in [1.807, 2.05) is 39.1 Å². The van der Waals surface area contributed by atoms with Crippen molar-refractivity contribution in [3.8, 4) is 0 Å². The van der Waals surface area contributed by atoms with Crippen LogP contribution in [0.1, 0.15) is 37.6 Å². The highest BCUT2D eigenvalue weighted by Crippen LogP contribution is 2.45. The lowest BCUT2D eigenvalue weighted by molar-refractivity contribution is -0.147. The Bertz CT molecular complexity index is 1460. The van der Waals surface area contributed by atoms with E-state index < -0.39 is 5.79 Å². The van der Waals surface area contributed by atoms with E-state index in [9.17, 15) is 0 Å². The first-order chi connectivity index (χ1) is 16.3. The van der Waals surface area contributed by atoms with Crippen LogP contribution in [0.4, 0.5) is 0 Å². The van der Waals surface area contributed by atoms with Gasteiger partial charge in [0.2, 0.25) is 5.28 Å². The Hall–Kier alpha value is -2.51. The third kappa shape index (κ3) is 3.79. The summed E-state index contributed by atoms with van der Waals surface area (Å²) in [7, 11) is 0. The van der Waals surface area contributed by atoms with E-state index in [2.05, 4.69) is 43.8 Å². The van der Waals surface area contributed by atoms with Crippen LogP contribution in [0.5, 0.6) is 0 Å². The van der Waals surface area contributed by atoms with Crippen LogP contribution in [-0.2, 0) is 15.9 Å². The number of fused-ring (bicyclic) bond motifs is 3. The lowest BCUT2D eigenvalue weighted by atomic mass is 10.0. The highest BCUT2D eigenvalue weighted by atomic mass is 35.5. The average Bonchev–Trinajstić information content (AvgIpc) is 3.43. The Morgan fingerprint density at radius 1 is 1.03 bits per heavy atom. The largest absolute Gasteiger partial charge is 0.342 e. The van der Waals surface area contributed by atoms with E-state index >= 15 is 0 Å². The molecule has 34 heavy (non-hydrogen) atoms. The maximum absolute atomic E-state index is 6.36. The van der Waals surface area contributed by atoms with Gasteiger partial charge in [-0.3, -0.25) is 4.98 Å². The summed E-state index contributed by atoms with van der Waals surface area (Å²) in [6.07, 6.45) is 7.55. The molecule has 4 aromatic rings. The highest BCUT2D eigenvalue weighted by Gasteiger charge is 2.50. The number of halogens is 2. The summed E-state index contributed by atoms with van der Waals surface area (Å²) in [5.41, 5.74) is 5.07. The van der Waals surface area contributed by atoms with Crippen LogP contribution in [0.2, 0.25) is 10.3 Å². The minimum absolute atomic E-state index is 0.0340. The van der Waals surface area contributed by atoms with Crippen LogP contribution >= 0.6 is 23.2 Å². The number of hydrogen-bond donors (Lipinski definition) is 0. The van der Waals surface area contributed by atoms with Crippen molar-refractivity contribution in [3.05, 3.63) is 75.9 Å². The van der Waals surface area contributed by atoms with Crippen LogP contribution in [0.25, 0.3) is 21.9 Å². The fraction of sp³-hybridized carbons (Fsp3) is 0.346. The standard InChI is InChI=1S/C26H24Cl2N4O2/c1-14-19(27)11-16-6-4-15(10-20(16)30-14)5-7-17-12-21(23-22(17)33-26(2,3)34-23)32-9-8-18-13-29-25(28)31-24(18)32/h4,6,8-13,21-23H,5,7H2,1-3H3/t21-,22-,23+/m1/s1. The van der Waals surface area contributed by atoms with Gasteiger partial charge in [-0.05, 0) is 74.5 Å². The van der Waals surface area contributed by atoms with Crippen molar-refractivity contribution in [2.45, 2.75) is 57.6 Å². The summed E-state index contributed by atoms with van der Waals surface area (Å²) in [5, 5.41) is 2.92. The molecule has 174 valence electrons. The SMILES string of the molecule is Cc1nc2cc(CCC3=C[C@@H](n4ccc5cnc(Cl)nc54)[C@@H]4OC(C)(C)O[C@H]34)ccc2cc1Cl. The van der Waals surface area contributed by atoms with Gasteiger partial charge in [0.1, 0.15) is 17.9 Å². The molecule has 0 unspecified atom stereocenters. The van der Waals surface area contributed by atoms with Gasteiger partial charge in [-0.1, -0.05) is 29.8 Å². The van der Waals surface area contributed by atoms with E-state index in [4.69, 9.17) is 32.7 Å². The quantitative estimate of drug-likeness (QED) is 0.248. The molecule has 1 aliphatic carbocycles. The smallest absolute Gasteiger partial charge is 0.224 e. The molecule has 0 bridgehead atoms. The van der Waals surface area contributed by atoms with Crippen LogP contribution in [0.3, 0.4) is 0 Å². The Morgan fingerprint density at radius 3 is 2.74 bits per heavy atom. The van der Waals surface area contributed by atoms with Crippen molar-refractivity contribution < 1.29 is 9.47 Å². The molecule has 0 spiro atoms. The van der Waals surface area contributed by atoms with Crippen molar-refractivity contribution in [2.24, 2.45) is 0 Å². The van der Waals surface area contributed by atoms with Gasteiger partial charge in [-0.15, -0.1) is 0 Å². The van der Waals surface area contributed by atoms with Crippen molar-refractivity contribution >= 4 is 45.1 Å². The zero-order valence-corrected chi connectivity index (χ0v) is 20.6. The number of benzene rings is 1. The summed E-state index contributed by atoms with van der Waals surface area (Å²) < 4.78 is 14.8. The number of hydrogen-bond acceptors (Lipinski definition) is 5. The van der Waals surface area contributed by atoms with E-state index in [0.29, 0.717) is 5.02 Å². The van der Waals surface area contributed by atoms with Crippen LogP contribution in [0.15, 0.2) is 54.4 Å². The highest BCUT2D eigenvalue weighted by molar-refractivity contribution is 6.31. The molecule has 6 nitrogen and oxygen atoms in total. The topological polar surface area (TPSA) is 62.1 Å². The number of rotatable bonds is 4. The molecule has 1 aliphatic heterocycles. The first-order valence-electron chi connectivity index (χ1n) is 11.4. The minimum atomic E-state index is -0.646. The van der Waals surface area contributed by atoms with Gasteiger partial charge >= 0.3 is 0 Å². The van der Waals surface area contributed by atoms with E-state index in [1.165, 1.54) is 11.1 Å². The van der Waals surface area contributed by atoms with E-state index in [0.717, 1.165) is 40.5 Å². The molecule has 6 rings (SSSR count). The zero-order chi connectivity index (χ0) is 23.6. The maximum atomic E-state index is 6.36. The fourth-order valence-corrected chi connectivity index (χ4v) is 5.37. The summed E-state index contributed by atoms with van der Waals surface area (Å²) in [6.45, 7) is 5.87. The van der Waals surface area contributed by atoms with Gasteiger partial charge in [0, 0.05) is 23.2 Å². The van der Waals surface area contributed by atoms with E-state index in [-0.39, 0.29) is 23.5 Å². The Morgan fingerprint density at radius 2 is 1.88 bits per heavy atom. The summed E-state index contributed by atoms with van der Waals surface area (Å²) in [5.74, 6) is -0.646. The van der Waals surface area contributed by atoms with Crippen LogP contribution < -0.4 is 0 Å². The first kappa shape index (κ1) is 22.0. The number of nitrogens with zero attached hydrogens (tertiary/aromatic N) is 4. The molecule has 8 heteroatoms. The Balaban J connectivity index is 1.31. The lowest BCUT2D eigenvalue weighted by Gasteiger charge is -2.22. The Kier molecular flexibility index (Phi) is 5.19. The van der Waals surface area contributed by atoms with Crippen molar-refractivity contribution in [1.29, 1.82) is 0 Å². The fourth-order valence-electron chi connectivity index (χ4n) is 5.08. The van der Waals surface area contributed by atoms with Crippen molar-refractivity contribution in [2.75, 3.05) is 0 Å². The third-order valence-corrected chi connectivity index (χ3v) is 7.24. The van der Waals surface area contributed by atoms with E-state index in [1.54, 1.807) is 6.20 Å². The molecular formula is C26H24Cl2N4O2. The molecule has 0 N–H and O–H groups in total. The van der Waals surface area contributed by atoms with Crippen LogP contribution in [0, 0.1) is 6.92 Å². The number of aryl methyl sites for hydroxylation is 2. The first-order valence-corrected chi connectivity index (χ1v) is 12.1. The molecule has 0 radical (unpaired) electrons. The van der Waals surface area contributed by atoms with Gasteiger partial charge < -0.3 is 14.0 Å². The number of pyridine rings is 1. The average molecular weight is 495 g/mol. The van der Waals surface area contributed by atoms with Crippen LogP contribution in [-0.4, -0.2) is 37.5 Å². The summed E-state index contributed by atoms with van der Waals surface area (Å²) in [6, 6.07) is 10.3. The lowest BCUT2D eigenvalue weighted by Crippen LogP contribution is -2.27. The predicted octanol–water partition coefficient (Wildman–Crippen LogP) is 6.23. The molecule has 1 saturated heterocycles. The summed E-state index contributed by atoms with van der Waals surface area (Å²) in [4.78, 5) is 13.2. The molecule has 0 amide bonds. The molecule has 4 heterocycles. The number of ether oxygens (including phenoxy) is 2. The molecule has 1 fully saturated rings.